The molecule has 98 valence electrons. The van der Waals surface area contributed by atoms with E-state index in [0.29, 0.717) is 5.82 Å². The summed E-state index contributed by atoms with van der Waals surface area (Å²) in [4.78, 5) is 15.8. The zero-order valence-corrected chi connectivity index (χ0v) is 11.8. The van der Waals surface area contributed by atoms with Crippen LogP contribution in [0.2, 0.25) is 0 Å². The van der Waals surface area contributed by atoms with Crippen molar-refractivity contribution in [3.63, 3.8) is 0 Å². The van der Waals surface area contributed by atoms with Crippen LogP contribution in [-0.4, -0.2) is 16.9 Å². The first kappa shape index (κ1) is 18.5. The molecule has 0 bridgehead atoms. The van der Waals surface area contributed by atoms with Crippen molar-refractivity contribution in [2.45, 2.75) is 26.8 Å². The van der Waals surface area contributed by atoms with Gasteiger partial charge in [0.2, 0.25) is 5.91 Å². The highest BCUT2D eigenvalue weighted by molar-refractivity contribution is 5.91. The molecule has 0 saturated heterocycles. The number of aryl methyl sites for hydroxylation is 1. The average Bonchev–Trinajstić information content (AvgIpc) is 2.16. The molecule has 0 saturated carbocycles. The van der Waals surface area contributed by atoms with Gasteiger partial charge in [-0.1, -0.05) is 13.0 Å². The Morgan fingerprint density at radius 3 is 2.41 bits per heavy atom. The molecule has 1 amide bonds. The Kier molecular flexibility index (Phi) is 9.02. The van der Waals surface area contributed by atoms with E-state index in [1.165, 1.54) is 0 Å². The van der Waals surface area contributed by atoms with E-state index in [9.17, 15) is 4.79 Å². The average molecular weight is 280 g/mol. The molecule has 0 aliphatic carbocycles. The van der Waals surface area contributed by atoms with E-state index in [1.807, 2.05) is 26.0 Å². The molecule has 1 aromatic rings. The first-order valence-electron chi connectivity index (χ1n) is 5.01. The fourth-order valence-corrected chi connectivity index (χ4v) is 1.09. The molecule has 17 heavy (non-hydrogen) atoms. The first-order chi connectivity index (χ1) is 7.00. The number of hydrogen-bond donors (Lipinski definition) is 2. The molecule has 0 aromatic carbocycles. The number of aromatic nitrogens is 1. The number of carbonyl (C=O) groups is 1. The highest BCUT2D eigenvalue weighted by Crippen LogP contribution is 2.07. The minimum Gasteiger partial charge on any atom is -0.327 e. The Bertz CT molecular complexity index is 358. The van der Waals surface area contributed by atoms with Crippen molar-refractivity contribution >= 4 is 36.5 Å². The molecule has 4 nitrogen and oxygen atoms in total. The van der Waals surface area contributed by atoms with Gasteiger partial charge in [-0.05, 0) is 26.0 Å². The number of carbonyl (C=O) groups excluding carboxylic acids is 1. The third-order valence-electron chi connectivity index (χ3n) is 2.34. The summed E-state index contributed by atoms with van der Waals surface area (Å²) in [6.45, 7) is 5.49. The van der Waals surface area contributed by atoms with Gasteiger partial charge in [-0.2, -0.15) is 0 Å². The van der Waals surface area contributed by atoms with Crippen molar-refractivity contribution in [3.05, 3.63) is 23.9 Å². The van der Waals surface area contributed by atoms with Crippen LogP contribution in [0.4, 0.5) is 5.82 Å². The van der Waals surface area contributed by atoms with Gasteiger partial charge in [0.15, 0.2) is 0 Å². The van der Waals surface area contributed by atoms with Gasteiger partial charge in [0.05, 0.1) is 5.92 Å². The molecule has 1 aromatic heterocycles. The van der Waals surface area contributed by atoms with Crippen molar-refractivity contribution in [2.24, 2.45) is 11.7 Å². The van der Waals surface area contributed by atoms with Crippen LogP contribution in [-0.2, 0) is 4.79 Å². The van der Waals surface area contributed by atoms with Gasteiger partial charge >= 0.3 is 0 Å². The second-order valence-electron chi connectivity index (χ2n) is 3.80. The van der Waals surface area contributed by atoms with Crippen LogP contribution in [0.5, 0.6) is 0 Å². The number of nitrogens with zero attached hydrogens (tertiary/aromatic N) is 1. The molecule has 0 aliphatic rings. The molecular weight excluding hydrogens is 261 g/mol. The Hall–Kier alpha value is -0.840. The van der Waals surface area contributed by atoms with Gasteiger partial charge in [0, 0.05) is 11.7 Å². The molecule has 2 atom stereocenters. The summed E-state index contributed by atoms with van der Waals surface area (Å²) in [6, 6.07) is 5.34. The third-order valence-corrected chi connectivity index (χ3v) is 2.34. The number of nitrogens with two attached hydrogens (primary N) is 1. The number of nitrogens with one attached hydrogen (secondary N) is 1. The summed E-state index contributed by atoms with van der Waals surface area (Å²) >= 11 is 0. The number of hydrogen-bond acceptors (Lipinski definition) is 3. The molecule has 1 heterocycles. The SMILES string of the molecule is Cc1cccc(NC(=O)C(C)C(C)N)n1.Cl.Cl. The van der Waals surface area contributed by atoms with Gasteiger partial charge in [0.25, 0.3) is 0 Å². The van der Waals surface area contributed by atoms with E-state index in [2.05, 4.69) is 10.3 Å². The van der Waals surface area contributed by atoms with Gasteiger partial charge in [-0.3, -0.25) is 4.79 Å². The molecule has 1 rings (SSSR count). The minimum atomic E-state index is -0.215. The maximum Gasteiger partial charge on any atom is 0.229 e. The second kappa shape index (κ2) is 8.28. The summed E-state index contributed by atoms with van der Waals surface area (Å²) < 4.78 is 0. The fourth-order valence-electron chi connectivity index (χ4n) is 1.09. The van der Waals surface area contributed by atoms with Gasteiger partial charge < -0.3 is 11.1 Å². The zero-order valence-electron chi connectivity index (χ0n) is 10.1. The quantitative estimate of drug-likeness (QED) is 0.891. The van der Waals surface area contributed by atoms with Crippen LogP contribution in [0.1, 0.15) is 19.5 Å². The summed E-state index contributed by atoms with van der Waals surface area (Å²) in [6.07, 6.45) is 0. The summed E-state index contributed by atoms with van der Waals surface area (Å²) in [5.41, 5.74) is 6.52. The molecule has 2 unspecified atom stereocenters. The summed E-state index contributed by atoms with van der Waals surface area (Å²) in [7, 11) is 0. The Labute approximate surface area is 114 Å². The standard InChI is InChI=1S/C11H17N3O.2ClH/c1-7-5-4-6-10(13-7)14-11(15)8(2)9(3)12;;/h4-6,8-9H,12H2,1-3H3,(H,13,14,15);2*1H. The molecular formula is C11H19Cl2N3O. The van der Waals surface area contributed by atoms with Crippen LogP contribution < -0.4 is 11.1 Å². The van der Waals surface area contributed by atoms with Crippen molar-refractivity contribution in [1.82, 2.24) is 4.98 Å². The largest absolute Gasteiger partial charge is 0.327 e. The molecule has 0 spiro atoms. The van der Waals surface area contributed by atoms with Crippen LogP contribution in [0.3, 0.4) is 0 Å². The number of amides is 1. The molecule has 0 fully saturated rings. The first-order valence-corrected chi connectivity index (χ1v) is 5.01. The number of halogens is 2. The molecule has 0 aliphatic heterocycles. The van der Waals surface area contributed by atoms with E-state index in [4.69, 9.17) is 5.73 Å². The Balaban J connectivity index is 0. The van der Waals surface area contributed by atoms with Crippen molar-refractivity contribution in [1.29, 1.82) is 0 Å². The van der Waals surface area contributed by atoms with Crippen LogP contribution in [0, 0.1) is 12.8 Å². The van der Waals surface area contributed by atoms with Crippen molar-refractivity contribution in [2.75, 3.05) is 5.32 Å². The van der Waals surface area contributed by atoms with E-state index in [-0.39, 0.29) is 42.7 Å². The number of pyridine rings is 1. The minimum absolute atomic E-state index is 0. The van der Waals surface area contributed by atoms with Crippen molar-refractivity contribution < 1.29 is 4.79 Å². The van der Waals surface area contributed by atoms with Gasteiger partial charge in [0.1, 0.15) is 5.82 Å². The lowest BCUT2D eigenvalue weighted by molar-refractivity contribution is -0.119. The maximum absolute atomic E-state index is 11.6. The van der Waals surface area contributed by atoms with Gasteiger partial charge in [-0.25, -0.2) is 4.98 Å². The maximum atomic E-state index is 11.6. The molecule has 0 radical (unpaired) electrons. The zero-order chi connectivity index (χ0) is 11.4. The predicted octanol–water partition coefficient (Wildman–Crippen LogP) is 2.16. The highest BCUT2D eigenvalue weighted by Gasteiger charge is 2.17. The lowest BCUT2D eigenvalue weighted by Crippen LogP contribution is -2.34. The van der Waals surface area contributed by atoms with Crippen LogP contribution >= 0.6 is 24.8 Å². The Morgan fingerprint density at radius 1 is 1.35 bits per heavy atom. The smallest absolute Gasteiger partial charge is 0.229 e. The van der Waals surface area contributed by atoms with Crippen LogP contribution in [0.15, 0.2) is 18.2 Å². The van der Waals surface area contributed by atoms with Crippen LogP contribution in [0.25, 0.3) is 0 Å². The fraction of sp³-hybridized carbons (Fsp3) is 0.455. The highest BCUT2D eigenvalue weighted by atomic mass is 35.5. The lowest BCUT2D eigenvalue weighted by Gasteiger charge is -2.14. The molecule has 6 heteroatoms. The summed E-state index contributed by atoms with van der Waals surface area (Å²) in [5, 5.41) is 2.73. The van der Waals surface area contributed by atoms with E-state index in [1.54, 1.807) is 13.0 Å². The van der Waals surface area contributed by atoms with E-state index >= 15 is 0 Å². The normalized spacial score (nSPS) is 12.7. The third kappa shape index (κ3) is 5.86. The number of rotatable bonds is 3. The monoisotopic (exact) mass is 279 g/mol. The topological polar surface area (TPSA) is 68.0 Å². The predicted molar refractivity (Wildman–Crippen MR) is 74.9 cm³/mol. The Morgan fingerprint density at radius 2 is 1.94 bits per heavy atom. The summed E-state index contributed by atoms with van der Waals surface area (Å²) in [5.74, 6) is 0.267. The lowest BCUT2D eigenvalue weighted by atomic mass is 10.0. The van der Waals surface area contributed by atoms with Gasteiger partial charge in [-0.15, -0.1) is 24.8 Å². The second-order valence-corrected chi connectivity index (χ2v) is 3.80. The van der Waals surface area contributed by atoms with E-state index in [0.717, 1.165) is 5.69 Å². The number of anilines is 1. The van der Waals surface area contributed by atoms with Crippen molar-refractivity contribution in [3.8, 4) is 0 Å². The van der Waals surface area contributed by atoms with E-state index < -0.39 is 0 Å². The molecule has 3 N–H and O–H groups in total.